The molecule has 0 spiro atoms. The van der Waals surface area contributed by atoms with E-state index in [4.69, 9.17) is 0 Å². The molecule has 2 unspecified atom stereocenters. The number of hydrogen-bond acceptors (Lipinski definition) is 2. The molecule has 1 aromatic heterocycles. The quantitative estimate of drug-likeness (QED) is 0.605. The molecular weight excluding hydrogens is 306 g/mol. The molecule has 0 fully saturated rings. The Labute approximate surface area is 125 Å². The predicted octanol–water partition coefficient (Wildman–Crippen LogP) is 5.77. The first-order valence-corrected chi connectivity index (χ1v) is 8.93. The third kappa shape index (κ3) is 4.67. The van der Waals surface area contributed by atoms with Crippen LogP contribution in [0.4, 0.5) is 0 Å². The fraction of sp³-hybridized carbons (Fsp3) is 0.733. The Morgan fingerprint density at radius 2 is 2.00 bits per heavy atom. The standard InChI is InChI=1S/C15H26BrNS/c1-4-7-8-12(6-3)15(17-9-5-2)13-10-18-11-14(13)16/h10-12,15,17H,4-9H2,1-3H3. The van der Waals surface area contributed by atoms with Crippen molar-refractivity contribution in [3.05, 3.63) is 20.8 Å². The van der Waals surface area contributed by atoms with Gasteiger partial charge in [-0.2, -0.15) is 11.3 Å². The van der Waals surface area contributed by atoms with Crippen LogP contribution >= 0.6 is 27.3 Å². The molecule has 1 nitrogen and oxygen atoms in total. The van der Waals surface area contributed by atoms with E-state index < -0.39 is 0 Å². The molecule has 0 aliphatic heterocycles. The minimum Gasteiger partial charge on any atom is -0.310 e. The summed E-state index contributed by atoms with van der Waals surface area (Å²) in [6.45, 7) is 7.94. The number of thiophene rings is 1. The monoisotopic (exact) mass is 331 g/mol. The zero-order valence-corrected chi connectivity index (χ0v) is 14.2. The molecule has 0 amide bonds. The van der Waals surface area contributed by atoms with Gasteiger partial charge in [0.25, 0.3) is 0 Å². The summed E-state index contributed by atoms with van der Waals surface area (Å²) in [4.78, 5) is 0. The van der Waals surface area contributed by atoms with Gasteiger partial charge in [-0.05, 0) is 52.2 Å². The van der Waals surface area contributed by atoms with Crippen LogP contribution in [0.2, 0.25) is 0 Å². The average Bonchev–Trinajstić information content (AvgIpc) is 2.79. The summed E-state index contributed by atoms with van der Waals surface area (Å²) in [7, 11) is 0. The second-order valence-corrected chi connectivity index (χ2v) is 6.52. The van der Waals surface area contributed by atoms with Crippen molar-refractivity contribution in [2.24, 2.45) is 5.92 Å². The molecule has 1 N–H and O–H groups in total. The van der Waals surface area contributed by atoms with Gasteiger partial charge in [0, 0.05) is 15.9 Å². The van der Waals surface area contributed by atoms with Gasteiger partial charge in [0.15, 0.2) is 0 Å². The lowest BCUT2D eigenvalue weighted by molar-refractivity contribution is 0.323. The van der Waals surface area contributed by atoms with Crippen LogP contribution in [0.1, 0.15) is 64.5 Å². The van der Waals surface area contributed by atoms with Gasteiger partial charge in [-0.25, -0.2) is 0 Å². The van der Waals surface area contributed by atoms with Gasteiger partial charge < -0.3 is 5.32 Å². The van der Waals surface area contributed by atoms with Crippen molar-refractivity contribution in [1.29, 1.82) is 0 Å². The highest BCUT2D eigenvalue weighted by molar-refractivity contribution is 9.10. The average molecular weight is 332 g/mol. The first kappa shape index (κ1) is 16.2. The fourth-order valence-corrected chi connectivity index (χ4v) is 4.00. The molecule has 1 aromatic rings. The van der Waals surface area contributed by atoms with Crippen LogP contribution in [0.3, 0.4) is 0 Å². The molecule has 0 saturated heterocycles. The molecule has 104 valence electrons. The first-order chi connectivity index (χ1) is 8.74. The van der Waals surface area contributed by atoms with Crippen molar-refractivity contribution in [1.82, 2.24) is 5.32 Å². The SMILES string of the molecule is CCCCC(CC)C(NCCC)c1cscc1Br. The van der Waals surface area contributed by atoms with E-state index in [2.05, 4.69) is 52.8 Å². The van der Waals surface area contributed by atoms with E-state index in [1.807, 2.05) is 0 Å². The highest BCUT2D eigenvalue weighted by Crippen LogP contribution is 2.35. The Bertz CT molecular complexity index is 324. The van der Waals surface area contributed by atoms with Crippen molar-refractivity contribution < 1.29 is 0 Å². The largest absolute Gasteiger partial charge is 0.310 e. The van der Waals surface area contributed by atoms with Crippen molar-refractivity contribution >= 4 is 27.3 Å². The summed E-state index contributed by atoms with van der Waals surface area (Å²) >= 11 is 5.49. The third-order valence-corrected chi connectivity index (χ3v) is 5.27. The topological polar surface area (TPSA) is 12.0 Å². The van der Waals surface area contributed by atoms with Crippen LogP contribution in [-0.2, 0) is 0 Å². The molecule has 18 heavy (non-hydrogen) atoms. The number of unbranched alkanes of at least 4 members (excludes halogenated alkanes) is 1. The minimum atomic E-state index is 0.516. The summed E-state index contributed by atoms with van der Waals surface area (Å²) in [5, 5.41) is 8.24. The number of nitrogens with one attached hydrogen (secondary N) is 1. The van der Waals surface area contributed by atoms with E-state index >= 15 is 0 Å². The third-order valence-electron chi connectivity index (χ3n) is 3.52. The van der Waals surface area contributed by atoms with Gasteiger partial charge in [-0.3, -0.25) is 0 Å². The summed E-state index contributed by atoms with van der Waals surface area (Å²) in [5.41, 5.74) is 1.46. The van der Waals surface area contributed by atoms with Crippen molar-refractivity contribution in [2.45, 2.75) is 58.9 Å². The highest BCUT2D eigenvalue weighted by Gasteiger charge is 2.23. The molecule has 0 aromatic carbocycles. The lowest BCUT2D eigenvalue weighted by Crippen LogP contribution is -2.28. The summed E-state index contributed by atoms with van der Waals surface area (Å²) in [6.07, 6.45) is 6.41. The molecule has 2 atom stereocenters. The highest BCUT2D eigenvalue weighted by atomic mass is 79.9. The lowest BCUT2D eigenvalue weighted by Gasteiger charge is -2.27. The zero-order valence-electron chi connectivity index (χ0n) is 11.8. The molecule has 0 bridgehead atoms. The second kappa shape index (κ2) is 9.11. The van der Waals surface area contributed by atoms with Gasteiger partial charge in [0.2, 0.25) is 0 Å². The Morgan fingerprint density at radius 1 is 1.22 bits per heavy atom. The predicted molar refractivity (Wildman–Crippen MR) is 86.4 cm³/mol. The van der Waals surface area contributed by atoms with Crippen molar-refractivity contribution in [2.75, 3.05) is 6.54 Å². The maximum atomic E-state index is 3.75. The molecule has 1 rings (SSSR count). The minimum absolute atomic E-state index is 0.516. The number of hydrogen-bond donors (Lipinski definition) is 1. The van der Waals surface area contributed by atoms with E-state index in [9.17, 15) is 0 Å². The summed E-state index contributed by atoms with van der Waals surface area (Å²) in [6, 6.07) is 0.516. The molecule has 3 heteroatoms. The van der Waals surface area contributed by atoms with E-state index in [1.165, 1.54) is 42.1 Å². The van der Waals surface area contributed by atoms with Crippen LogP contribution in [0.15, 0.2) is 15.2 Å². The molecule has 0 saturated carbocycles. The van der Waals surface area contributed by atoms with Gasteiger partial charge in [0.1, 0.15) is 0 Å². The van der Waals surface area contributed by atoms with E-state index in [0.29, 0.717) is 6.04 Å². The van der Waals surface area contributed by atoms with E-state index in [1.54, 1.807) is 11.3 Å². The first-order valence-electron chi connectivity index (χ1n) is 7.19. The van der Waals surface area contributed by atoms with Gasteiger partial charge in [-0.1, -0.05) is 40.0 Å². The van der Waals surface area contributed by atoms with Gasteiger partial charge >= 0.3 is 0 Å². The van der Waals surface area contributed by atoms with Crippen molar-refractivity contribution in [3.63, 3.8) is 0 Å². The lowest BCUT2D eigenvalue weighted by atomic mass is 9.88. The Hall–Kier alpha value is 0.140. The summed E-state index contributed by atoms with van der Waals surface area (Å²) in [5.74, 6) is 0.752. The maximum absolute atomic E-state index is 3.75. The van der Waals surface area contributed by atoms with E-state index in [-0.39, 0.29) is 0 Å². The Morgan fingerprint density at radius 3 is 2.50 bits per heavy atom. The van der Waals surface area contributed by atoms with Crippen LogP contribution < -0.4 is 5.32 Å². The normalized spacial score (nSPS) is 14.7. The molecule has 0 aliphatic rings. The van der Waals surface area contributed by atoms with Crippen LogP contribution in [0.25, 0.3) is 0 Å². The Kier molecular flexibility index (Phi) is 8.20. The fourth-order valence-electron chi connectivity index (χ4n) is 2.42. The van der Waals surface area contributed by atoms with Crippen LogP contribution in [0, 0.1) is 5.92 Å². The molecule has 1 heterocycles. The van der Waals surface area contributed by atoms with E-state index in [0.717, 1.165) is 12.5 Å². The number of halogens is 1. The zero-order chi connectivity index (χ0) is 13.4. The van der Waals surface area contributed by atoms with Gasteiger partial charge in [0.05, 0.1) is 0 Å². The van der Waals surface area contributed by atoms with Crippen molar-refractivity contribution in [3.8, 4) is 0 Å². The van der Waals surface area contributed by atoms with Crippen LogP contribution in [-0.4, -0.2) is 6.54 Å². The molecule has 0 radical (unpaired) electrons. The summed E-state index contributed by atoms with van der Waals surface area (Å²) < 4.78 is 1.27. The maximum Gasteiger partial charge on any atom is 0.0368 e. The smallest absolute Gasteiger partial charge is 0.0368 e. The van der Waals surface area contributed by atoms with Gasteiger partial charge in [-0.15, -0.1) is 0 Å². The molecular formula is C15H26BrNS. The number of rotatable bonds is 9. The van der Waals surface area contributed by atoms with Crippen LogP contribution in [0.5, 0.6) is 0 Å². The molecule has 0 aliphatic carbocycles. The second-order valence-electron chi connectivity index (χ2n) is 4.92. The Balaban J connectivity index is 2.78.